The van der Waals surface area contributed by atoms with Gasteiger partial charge in [-0.2, -0.15) is 5.26 Å². The zero-order chi connectivity index (χ0) is 24.7. The van der Waals surface area contributed by atoms with Crippen molar-refractivity contribution in [2.24, 2.45) is 11.3 Å². The van der Waals surface area contributed by atoms with Gasteiger partial charge in [-0.15, -0.1) is 0 Å². The zero-order valence-electron chi connectivity index (χ0n) is 21.2. The molecule has 8 heteroatoms. The third kappa shape index (κ3) is 2.98. The van der Waals surface area contributed by atoms with Crippen molar-refractivity contribution in [1.82, 2.24) is 19.9 Å². The lowest BCUT2D eigenvalue weighted by atomic mass is 9.66. The summed E-state index contributed by atoms with van der Waals surface area (Å²) in [5.74, 6) is 3.90. The summed E-state index contributed by atoms with van der Waals surface area (Å²) in [6.45, 7) is 6.78. The SMILES string of the molecule is C[C@@H]1CN(c2ncnc3c2C2(CCC2)CN3c2cc(C#N)ccn2)[C@H](C)CN1C(=O)C12CCC(C1)C2. The Labute approximate surface area is 212 Å². The maximum absolute atomic E-state index is 13.6. The highest BCUT2D eigenvalue weighted by molar-refractivity contribution is 5.85. The first-order valence-electron chi connectivity index (χ1n) is 13.5. The molecule has 8 rings (SSSR count). The van der Waals surface area contributed by atoms with E-state index in [1.54, 1.807) is 18.6 Å². The van der Waals surface area contributed by atoms with E-state index in [4.69, 9.17) is 9.97 Å². The number of anilines is 3. The molecule has 8 nitrogen and oxygen atoms in total. The van der Waals surface area contributed by atoms with Gasteiger partial charge in [0, 0.05) is 54.3 Å². The smallest absolute Gasteiger partial charge is 0.229 e. The van der Waals surface area contributed by atoms with Gasteiger partial charge in [-0.1, -0.05) is 6.42 Å². The molecule has 2 aliphatic heterocycles. The Hall–Kier alpha value is -3.21. The van der Waals surface area contributed by atoms with Crippen molar-refractivity contribution in [3.63, 3.8) is 0 Å². The topological polar surface area (TPSA) is 89.2 Å². The van der Waals surface area contributed by atoms with Crippen LogP contribution in [0.3, 0.4) is 0 Å². The molecule has 1 spiro atoms. The van der Waals surface area contributed by atoms with E-state index >= 15 is 0 Å². The first kappa shape index (κ1) is 22.0. The molecular weight excluding hydrogens is 450 g/mol. The van der Waals surface area contributed by atoms with Crippen LogP contribution in [0.15, 0.2) is 24.7 Å². The van der Waals surface area contributed by atoms with Crippen molar-refractivity contribution in [3.05, 3.63) is 35.8 Å². The molecule has 0 aromatic carbocycles. The van der Waals surface area contributed by atoms with E-state index < -0.39 is 0 Å². The van der Waals surface area contributed by atoms with E-state index in [9.17, 15) is 10.1 Å². The second-order valence-electron chi connectivity index (χ2n) is 12.0. The quantitative estimate of drug-likeness (QED) is 0.653. The minimum Gasteiger partial charge on any atom is -0.350 e. The van der Waals surface area contributed by atoms with Gasteiger partial charge in [-0.25, -0.2) is 15.0 Å². The van der Waals surface area contributed by atoms with E-state index in [1.165, 1.54) is 18.4 Å². The maximum Gasteiger partial charge on any atom is 0.229 e. The fourth-order valence-electron chi connectivity index (χ4n) is 7.78. The number of hydrogen-bond acceptors (Lipinski definition) is 7. The molecular formula is C28H33N7O. The molecule has 1 amide bonds. The molecule has 0 N–H and O–H groups in total. The molecule has 1 saturated heterocycles. The Balaban J connectivity index is 1.22. The first-order chi connectivity index (χ1) is 17.4. The molecule has 5 fully saturated rings. The Bertz CT molecular complexity index is 1270. The number of carbonyl (C=O) groups is 1. The molecule has 4 saturated carbocycles. The molecule has 2 aromatic heterocycles. The summed E-state index contributed by atoms with van der Waals surface area (Å²) in [4.78, 5) is 34.6. The van der Waals surface area contributed by atoms with Gasteiger partial charge in [0.15, 0.2) is 0 Å². The number of carbonyl (C=O) groups excluding carboxylic acids is 1. The maximum atomic E-state index is 13.6. The Morgan fingerprint density at radius 3 is 2.58 bits per heavy atom. The number of nitrogens with zero attached hydrogens (tertiary/aromatic N) is 7. The van der Waals surface area contributed by atoms with Crippen LogP contribution >= 0.6 is 0 Å². The molecule has 4 heterocycles. The van der Waals surface area contributed by atoms with Crippen LogP contribution in [-0.4, -0.2) is 57.5 Å². The summed E-state index contributed by atoms with van der Waals surface area (Å²) in [7, 11) is 0. The van der Waals surface area contributed by atoms with Gasteiger partial charge in [0.05, 0.1) is 11.6 Å². The second kappa shape index (κ2) is 7.64. The molecule has 4 aliphatic carbocycles. The lowest BCUT2D eigenvalue weighted by molar-refractivity contribution is -0.149. The van der Waals surface area contributed by atoms with Crippen molar-refractivity contribution in [3.8, 4) is 6.07 Å². The number of hydrogen-bond donors (Lipinski definition) is 0. The molecule has 186 valence electrons. The summed E-state index contributed by atoms with van der Waals surface area (Å²) in [5, 5.41) is 9.42. The van der Waals surface area contributed by atoms with Crippen LogP contribution in [0.4, 0.5) is 17.5 Å². The van der Waals surface area contributed by atoms with Crippen molar-refractivity contribution in [1.29, 1.82) is 5.26 Å². The van der Waals surface area contributed by atoms with Crippen molar-refractivity contribution < 1.29 is 4.79 Å². The highest BCUT2D eigenvalue weighted by Gasteiger charge is 2.57. The standard InChI is InChI=1S/C28H33N7O/c1-18-15-34(26(36)28-8-4-21(11-28)12-28)19(2)14-33(18)24-23-25(32-17-31-24)35(16-27(23)6-3-7-27)22-10-20(13-29)5-9-30-22/h5,9-10,17-19,21H,3-4,6-8,11-12,14-16H2,1-2H3/t18-,19-,21?,28?/m1/s1. The summed E-state index contributed by atoms with van der Waals surface area (Å²) < 4.78 is 0. The molecule has 2 bridgehead atoms. The van der Waals surface area contributed by atoms with Gasteiger partial charge >= 0.3 is 0 Å². The van der Waals surface area contributed by atoms with Crippen molar-refractivity contribution in [2.45, 2.75) is 76.3 Å². The predicted octanol–water partition coefficient (Wildman–Crippen LogP) is 3.93. The number of piperazine rings is 1. The average molecular weight is 484 g/mol. The molecule has 0 radical (unpaired) electrons. The van der Waals surface area contributed by atoms with Crippen LogP contribution in [0.25, 0.3) is 0 Å². The minimum atomic E-state index is -0.0571. The van der Waals surface area contributed by atoms with E-state index in [0.717, 1.165) is 75.1 Å². The van der Waals surface area contributed by atoms with Gasteiger partial charge in [-0.05, 0) is 70.4 Å². The van der Waals surface area contributed by atoms with Gasteiger partial charge in [0.25, 0.3) is 0 Å². The minimum absolute atomic E-state index is 0.0237. The lowest BCUT2D eigenvalue weighted by Gasteiger charge is -2.50. The van der Waals surface area contributed by atoms with Crippen LogP contribution < -0.4 is 9.80 Å². The van der Waals surface area contributed by atoms with Crippen LogP contribution in [-0.2, 0) is 10.2 Å². The normalized spacial score (nSPS) is 31.6. The molecule has 2 aromatic rings. The number of pyridine rings is 1. The van der Waals surface area contributed by atoms with Crippen LogP contribution in [0, 0.1) is 22.7 Å². The predicted molar refractivity (Wildman–Crippen MR) is 136 cm³/mol. The van der Waals surface area contributed by atoms with Gasteiger partial charge in [-0.3, -0.25) is 4.79 Å². The Morgan fingerprint density at radius 1 is 1.08 bits per heavy atom. The van der Waals surface area contributed by atoms with Crippen molar-refractivity contribution in [2.75, 3.05) is 29.4 Å². The molecule has 2 atom stereocenters. The van der Waals surface area contributed by atoms with Gasteiger partial charge in [0.2, 0.25) is 5.91 Å². The Morgan fingerprint density at radius 2 is 1.89 bits per heavy atom. The number of rotatable bonds is 3. The van der Waals surface area contributed by atoms with E-state index in [2.05, 4.69) is 39.6 Å². The van der Waals surface area contributed by atoms with Gasteiger partial charge < -0.3 is 14.7 Å². The third-order valence-corrected chi connectivity index (χ3v) is 9.88. The molecule has 0 unspecified atom stereocenters. The highest BCUT2D eigenvalue weighted by Crippen LogP contribution is 2.60. The third-order valence-electron chi connectivity index (χ3n) is 9.88. The molecule has 36 heavy (non-hydrogen) atoms. The monoisotopic (exact) mass is 483 g/mol. The van der Waals surface area contributed by atoms with E-state index in [-0.39, 0.29) is 22.9 Å². The van der Waals surface area contributed by atoms with E-state index in [0.29, 0.717) is 11.5 Å². The fraction of sp³-hybridized carbons (Fsp3) is 0.607. The van der Waals surface area contributed by atoms with Crippen molar-refractivity contribution >= 4 is 23.4 Å². The van der Waals surface area contributed by atoms with Crippen LogP contribution in [0.5, 0.6) is 0 Å². The summed E-state index contributed by atoms with van der Waals surface area (Å²) in [6, 6.07) is 6.16. The lowest BCUT2D eigenvalue weighted by Crippen LogP contribution is -2.62. The summed E-state index contributed by atoms with van der Waals surface area (Å²) in [5.41, 5.74) is 1.80. The number of nitriles is 1. The zero-order valence-corrected chi connectivity index (χ0v) is 21.2. The summed E-state index contributed by atoms with van der Waals surface area (Å²) in [6.07, 6.45) is 11.3. The average Bonchev–Trinajstić information content (AvgIpc) is 3.56. The van der Waals surface area contributed by atoms with Crippen LogP contribution in [0.1, 0.15) is 69.9 Å². The molecule has 6 aliphatic rings. The van der Waals surface area contributed by atoms with E-state index in [1.807, 2.05) is 6.07 Å². The first-order valence-corrected chi connectivity index (χ1v) is 13.5. The summed E-state index contributed by atoms with van der Waals surface area (Å²) >= 11 is 0. The number of aromatic nitrogens is 3. The van der Waals surface area contributed by atoms with Crippen LogP contribution in [0.2, 0.25) is 0 Å². The number of amides is 1. The highest BCUT2D eigenvalue weighted by atomic mass is 16.2. The Kier molecular flexibility index (Phi) is 4.68. The van der Waals surface area contributed by atoms with Gasteiger partial charge in [0.1, 0.15) is 23.8 Å². The second-order valence-corrected chi connectivity index (χ2v) is 12.0. The number of fused-ring (bicyclic) bond motifs is 3. The fourth-order valence-corrected chi connectivity index (χ4v) is 7.78. The largest absolute Gasteiger partial charge is 0.350 e.